The summed E-state index contributed by atoms with van der Waals surface area (Å²) < 4.78 is 0. The van der Waals surface area contributed by atoms with E-state index in [-0.39, 0.29) is 0 Å². The van der Waals surface area contributed by atoms with Crippen molar-refractivity contribution in [2.45, 2.75) is 6.92 Å². The van der Waals surface area contributed by atoms with Crippen LogP contribution in [0.4, 0.5) is 5.95 Å². The van der Waals surface area contributed by atoms with E-state index in [0.717, 1.165) is 16.5 Å². The van der Waals surface area contributed by atoms with Crippen LogP contribution in [-0.2, 0) is 4.79 Å². The summed E-state index contributed by atoms with van der Waals surface area (Å²) in [7, 11) is 0. The minimum absolute atomic E-state index is 0.332. The Balaban J connectivity index is 2.61. The van der Waals surface area contributed by atoms with Gasteiger partial charge in [0.25, 0.3) is 0 Å². The minimum Gasteiger partial charge on any atom is -0.297 e. The Morgan fingerprint density at radius 2 is 2.29 bits per heavy atom. The molecule has 0 aliphatic carbocycles. The lowest BCUT2D eigenvalue weighted by atomic mass is 10.1. The number of nitrogens with one attached hydrogen (secondary N) is 1. The largest absolute Gasteiger partial charge is 0.297 e. The molecule has 2 rings (SSSR count). The van der Waals surface area contributed by atoms with Gasteiger partial charge < -0.3 is 0 Å². The van der Waals surface area contributed by atoms with Gasteiger partial charge in [-0.1, -0.05) is 12.1 Å². The van der Waals surface area contributed by atoms with Crippen molar-refractivity contribution in [1.82, 2.24) is 9.97 Å². The lowest BCUT2D eigenvalue weighted by Gasteiger charge is -2.01. The van der Waals surface area contributed by atoms with Crippen LogP contribution in [-0.4, -0.2) is 16.4 Å². The van der Waals surface area contributed by atoms with Crippen molar-refractivity contribution in [2.75, 3.05) is 5.32 Å². The summed E-state index contributed by atoms with van der Waals surface area (Å²) in [4.78, 5) is 18.4. The molecule has 0 bridgehead atoms. The van der Waals surface area contributed by atoms with E-state index in [4.69, 9.17) is 0 Å². The van der Waals surface area contributed by atoms with Crippen molar-refractivity contribution in [3.05, 3.63) is 30.0 Å². The minimum atomic E-state index is 0.332. The second-order valence-electron chi connectivity index (χ2n) is 2.96. The fourth-order valence-electron chi connectivity index (χ4n) is 1.32. The molecule has 1 aromatic carbocycles. The van der Waals surface area contributed by atoms with Gasteiger partial charge in [0.2, 0.25) is 12.4 Å². The maximum atomic E-state index is 10.2. The van der Waals surface area contributed by atoms with Gasteiger partial charge in [-0.15, -0.1) is 0 Å². The number of aromatic nitrogens is 2. The molecule has 0 aliphatic heterocycles. The fourth-order valence-corrected chi connectivity index (χ4v) is 1.32. The van der Waals surface area contributed by atoms with Crippen LogP contribution in [0.15, 0.2) is 24.4 Å². The van der Waals surface area contributed by atoms with Gasteiger partial charge in [0.1, 0.15) is 0 Å². The van der Waals surface area contributed by atoms with Gasteiger partial charge in [0.05, 0.1) is 5.52 Å². The standard InChI is InChI=1S/C10H9N3O/c1-7-3-2-4-9-8(7)5-11-10(13-9)12-6-14/h2-6H,1H3,(H,11,12,13,14). The highest BCUT2D eigenvalue weighted by molar-refractivity contribution is 5.82. The van der Waals surface area contributed by atoms with Crippen molar-refractivity contribution in [3.63, 3.8) is 0 Å². The Kier molecular flexibility index (Phi) is 2.10. The van der Waals surface area contributed by atoms with Crippen LogP contribution in [0.3, 0.4) is 0 Å². The quantitative estimate of drug-likeness (QED) is 0.725. The smallest absolute Gasteiger partial charge is 0.229 e. The molecule has 0 aliphatic rings. The molecule has 1 N–H and O–H groups in total. The van der Waals surface area contributed by atoms with Crippen LogP contribution in [0, 0.1) is 6.92 Å². The van der Waals surface area contributed by atoms with Crippen LogP contribution < -0.4 is 5.32 Å². The van der Waals surface area contributed by atoms with E-state index in [0.29, 0.717) is 12.4 Å². The van der Waals surface area contributed by atoms with E-state index in [9.17, 15) is 4.79 Å². The molecule has 0 radical (unpaired) electrons. The van der Waals surface area contributed by atoms with E-state index in [1.165, 1.54) is 0 Å². The van der Waals surface area contributed by atoms with Gasteiger partial charge in [0.15, 0.2) is 0 Å². The van der Waals surface area contributed by atoms with Crippen molar-refractivity contribution in [2.24, 2.45) is 0 Å². The Morgan fingerprint density at radius 1 is 1.43 bits per heavy atom. The molecule has 0 fully saturated rings. The van der Waals surface area contributed by atoms with E-state index >= 15 is 0 Å². The number of carbonyl (C=O) groups is 1. The number of hydrogen-bond donors (Lipinski definition) is 1. The number of benzene rings is 1. The topological polar surface area (TPSA) is 54.9 Å². The van der Waals surface area contributed by atoms with Gasteiger partial charge in [-0.2, -0.15) is 0 Å². The molecule has 0 saturated carbocycles. The Morgan fingerprint density at radius 3 is 3.07 bits per heavy atom. The second-order valence-corrected chi connectivity index (χ2v) is 2.96. The lowest BCUT2D eigenvalue weighted by molar-refractivity contribution is -0.105. The first kappa shape index (κ1) is 8.62. The summed E-state index contributed by atoms with van der Waals surface area (Å²) in [6.45, 7) is 2.00. The molecule has 0 unspecified atom stereocenters. The summed E-state index contributed by atoms with van der Waals surface area (Å²) in [5.41, 5.74) is 1.96. The highest BCUT2D eigenvalue weighted by Crippen LogP contribution is 2.15. The molecular formula is C10H9N3O. The zero-order valence-corrected chi connectivity index (χ0v) is 7.69. The molecule has 1 aromatic heterocycles. The van der Waals surface area contributed by atoms with E-state index in [1.54, 1.807) is 6.20 Å². The predicted octanol–water partition coefficient (Wildman–Crippen LogP) is 1.51. The monoisotopic (exact) mass is 187 g/mol. The van der Waals surface area contributed by atoms with E-state index in [1.807, 2.05) is 25.1 Å². The molecule has 1 heterocycles. The normalized spacial score (nSPS) is 10.1. The van der Waals surface area contributed by atoms with Crippen molar-refractivity contribution in [1.29, 1.82) is 0 Å². The Hall–Kier alpha value is -1.97. The highest BCUT2D eigenvalue weighted by atomic mass is 16.1. The molecule has 4 heteroatoms. The number of hydrogen-bond acceptors (Lipinski definition) is 3. The number of aryl methyl sites for hydroxylation is 1. The molecule has 4 nitrogen and oxygen atoms in total. The Bertz CT molecular complexity index is 482. The first-order valence-electron chi connectivity index (χ1n) is 4.24. The molecule has 14 heavy (non-hydrogen) atoms. The summed E-state index contributed by atoms with van der Waals surface area (Å²) >= 11 is 0. The zero-order chi connectivity index (χ0) is 9.97. The molecule has 2 aromatic rings. The fraction of sp³-hybridized carbons (Fsp3) is 0.100. The van der Waals surface area contributed by atoms with Crippen LogP contribution >= 0.6 is 0 Å². The second kappa shape index (κ2) is 3.41. The summed E-state index contributed by atoms with van der Waals surface area (Å²) in [5.74, 6) is 0.332. The number of amides is 1. The van der Waals surface area contributed by atoms with Gasteiger partial charge in [0, 0.05) is 11.6 Å². The molecule has 0 saturated heterocycles. The molecule has 0 spiro atoms. The van der Waals surface area contributed by atoms with Crippen molar-refractivity contribution < 1.29 is 4.79 Å². The van der Waals surface area contributed by atoms with Crippen molar-refractivity contribution in [3.8, 4) is 0 Å². The molecule has 70 valence electrons. The third-order valence-corrected chi connectivity index (χ3v) is 2.03. The molecular weight excluding hydrogens is 178 g/mol. The van der Waals surface area contributed by atoms with Crippen LogP contribution in [0.1, 0.15) is 5.56 Å². The van der Waals surface area contributed by atoms with E-state index < -0.39 is 0 Å². The van der Waals surface area contributed by atoms with Gasteiger partial charge in [-0.3, -0.25) is 10.1 Å². The van der Waals surface area contributed by atoms with Gasteiger partial charge in [-0.25, -0.2) is 9.97 Å². The predicted molar refractivity (Wildman–Crippen MR) is 54.0 cm³/mol. The first-order valence-corrected chi connectivity index (χ1v) is 4.24. The number of fused-ring (bicyclic) bond motifs is 1. The summed E-state index contributed by atoms with van der Waals surface area (Å²) in [6, 6.07) is 5.81. The SMILES string of the molecule is Cc1cccc2nc(NC=O)ncc12. The van der Waals surface area contributed by atoms with Crippen molar-refractivity contribution >= 4 is 23.3 Å². The maximum absolute atomic E-state index is 10.2. The highest BCUT2D eigenvalue weighted by Gasteiger charge is 2.00. The molecule has 1 amide bonds. The van der Waals surface area contributed by atoms with Crippen LogP contribution in [0.5, 0.6) is 0 Å². The van der Waals surface area contributed by atoms with Gasteiger partial charge in [-0.05, 0) is 18.6 Å². The number of anilines is 1. The molecule has 0 atom stereocenters. The third kappa shape index (κ3) is 1.42. The first-order chi connectivity index (χ1) is 6.81. The lowest BCUT2D eigenvalue weighted by Crippen LogP contribution is -1.99. The van der Waals surface area contributed by atoms with Crippen LogP contribution in [0.25, 0.3) is 10.9 Å². The average Bonchev–Trinajstić information content (AvgIpc) is 2.18. The van der Waals surface area contributed by atoms with Gasteiger partial charge >= 0.3 is 0 Å². The van der Waals surface area contributed by atoms with Crippen LogP contribution in [0.2, 0.25) is 0 Å². The average molecular weight is 187 g/mol. The van der Waals surface area contributed by atoms with E-state index in [2.05, 4.69) is 15.3 Å². The maximum Gasteiger partial charge on any atom is 0.229 e. The summed E-state index contributed by atoms with van der Waals surface area (Å²) in [5, 5.41) is 3.42. The Labute approximate surface area is 81.0 Å². The third-order valence-electron chi connectivity index (χ3n) is 2.03. The number of rotatable bonds is 2. The number of carbonyl (C=O) groups excluding carboxylic acids is 1. The zero-order valence-electron chi connectivity index (χ0n) is 7.69. The number of nitrogens with zero attached hydrogens (tertiary/aromatic N) is 2. The summed E-state index contributed by atoms with van der Waals surface area (Å²) in [6.07, 6.45) is 2.28.